The van der Waals surface area contributed by atoms with Crippen molar-refractivity contribution in [1.82, 2.24) is 10.6 Å². The Morgan fingerprint density at radius 2 is 2.31 bits per heavy atom. The number of nitrogens with zero attached hydrogens (tertiary/aromatic N) is 1. The van der Waals surface area contributed by atoms with Gasteiger partial charge in [-0.05, 0) is 12.8 Å². The highest BCUT2D eigenvalue weighted by atomic mass is 16.1. The van der Waals surface area contributed by atoms with E-state index in [1.807, 2.05) is 0 Å². The van der Waals surface area contributed by atoms with Crippen LogP contribution in [0, 0.1) is 0 Å². The molecule has 1 rings (SSSR count). The third-order valence-corrected chi connectivity index (χ3v) is 1.95. The first-order valence-corrected chi connectivity index (χ1v) is 4.80. The number of carbonyl (C=O) groups is 1. The summed E-state index contributed by atoms with van der Waals surface area (Å²) in [5, 5.41) is 5.94. The molecular formula is C9H17N3O. The van der Waals surface area contributed by atoms with Crippen molar-refractivity contribution in [3.05, 3.63) is 0 Å². The molecule has 0 aromatic carbocycles. The molecule has 0 spiro atoms. The topological polar surface area (TPSA) is 53.5 Å². The van der Waals surface area contributed by atoms with Crippen molar-refractivity contribution in [3.8, 4) is 0 Å². The molecule has 0 atom stereocenters. The van der Waals surface area contributed by atoms with Gasteiger partial charge in [-0.15, -0.1) is 0 Å². The van der Waals surface area contributed by atoms with E-state index in [1.54, 1.807) is 0 Å². The monoisotopic (exact) mass is 183 g/mol. The van der Waals surface area contributed by atoms with Crippen LogP contribution in [0.3, 0.4) is 0 Å². The lowest BCUT2D eigenvalue weighted by Gasteiger charge is -2.13. The first-order chi connectivity index (χ1) is 6.29. The fourth-order valence-corrected chi connectivity index (χ4v) is 1.29. The van der Waals surface area contributed by atoms with Gasteiger partial charge in [-0.3, -0.25) is 9.79 Å². The Morgan fingerprint density at radius 3 is 2.92 bits per heavy atom. The summed E-state index contributed by atoms with van der Waals surface area (Å²) in [6, 6.07) is 0. The summed E-state index contributed by atoms with van der Waals surface area (Å²) < 4.78 is 0. The van der Waals surface area contributed by atoms with E-state index in [0.717, 1.165) is 25.3 Å². The molecule has 2 N–H and O–H groups in total. The van der Waals surface area contributed by atoms with E-state index in [-0.39, 0.29) is 5.91 Å². The second-order valence-corrected chi connectivity index (χ2v) is 3.20. The predicted molar refractivity (Wildman–Crippen MR) is 52.8 cm³/mol. The molecule has 4 nitrogen and oxygen atoms in total. The molecule has 1 aliphatic rings. The summed E-state index contributed by atoms with van der Waals surface area (Å²) in [4.78, 5) is 14.9. The molecule has 0 aliphatic carbocycles. The van der Waals surface area contributed by atoms with Gasteiger partial charge < -0.3 is 10.6 Å². The van der Waals surface area contributed by atoms with Crippen LogP contribution >= 0.6 is 0 Å². The zero-order chi connectivity index (χ0) is 9.52. The molecule has 0 unspecified atom stereocenters. The number of amides is 1. The van der Waals surface area contributed by atoms with Crippen LogP contribution in [0.15, 0.2) is 4.99 Å². The summed E-state index contributed by atoms with van der Waals surface area (Å²) in [6.45, 7) is 3.92. The summed E-state index contributed by atoms with van der Waals surface area (Å²) in [7, 11) is 0. The van der Waals surface area contributed by atoms with Crippen LogP contribution in [0.2, 0.25) is 0 Å². The molecular weight excluding hydrogens is 166 g/mol. The van der Waals surface area contributed by atoms with Crippen LogP contribution in [0.5, 0.6) is 0 Å². The van der Waals surface area contributed by atoms with Crippen LogP contribution in [0.4, 0.5) is 0 Å². The smallest absolute Gasteiger partial charge is 0.216 e. The first-order valence-electron chi connectivity index (χ1n) is 4.80. The molecule has 0 aromatic rings. The lowest BCUT2D eigenvalue weighted by atomic mass is 10.2. The van der Waals surface area contributed by atoms with Crippen molar-refractivity contribution < 1.29 is 4.79 Å². The van der Waals surface area contributed by atoms with E-state index in [9.17, 15) is 4.79 Å². The van der Waals surface area contributed by atoms with Crippen molar-refractivity contribution in [2.75, 3.05) is 19.6 Å². The zero-order valence-corrected chi connectivity index (χ0v) is 8.10. The van der Waals surface area contributed by atoms with E-state index < -0.39 is 0 Å². The Bertz CT molecular complexity index is 201. The van der Waals surface area contributed by atoms with E-state index in [4.69, 9.17) is 0 Å². The SMILES string of the molecule is CC(=O)NCCNC1=NCCCC1. The number of amidine groups is 1. The number of rotatable bonds is 3. The highest BCUT2D eigenvalue weighted by molar-refractivity contribution is 5.82. The maximum absolute atomic E-state index is 10.5. The third-order valence-electron chi connectivity index (χ3n) is 1.95. The molecule has 1 amide bonds. The predicted octanol–water partition coefficient (Wildman–Crippen LogP) is 0.294. The summed E-state index contributed by atoms with van der Waals surface area (Å²) in [5.41, 5.74) is 0. The van der Waals surface area contributed by atoms with Crippen LogP contribution in [-0.2, 0) is 4.79 Å². The summed E-state index contributed by atoms with van der Waals surface area (Å²) >= 11 is 0. The van der Waals surface area contributed by atoms with Gasteiger partial charge in [0, 0.05) is 33.0 Å². The third kappa shape index (κ3) is 4.50. The van der Waals surface area contributed by atoms with Crippen LogP contribution < -0.4 is 10.6 Å². The van der Waals surface area contributed by atoms with Gasteiger partial charge in [0.25, 0.3) is 0 Å². The minimum atomic E-state index is 0.0207. The average Bonchev–Trinajstić information content (AvgIpc) is 2.14. The fourth-order valence-electron chi connectivity index (χ4n) is 1.29. The van der Waals surface area contributed by atoms with Gasteiger partial charge in [-0.2, -0.15) is 0 Å². The Labute approximate surface area is 78.8 Å². The van der Waals surface area contributed by atoms with Crippen molar-refractivity contribution in [2.45, 2.75) is 26.2 Å². The van der Waals surface area contributed by atoms with Gasteiger partial charge in [-0.25, -0.2) is 0 Å². The van der Waals surface area contributed by atoms with Crippen LogP contribution in [0.25, 0.3) is 0 Å². The first kappa shape index (κ1) is 10.0. The van der Waals surface area contributed by atoms with Crippen molar-refractivity contribution in [2.24, 2.45) is 4.99 Å². The number of hydrogen-bond acceptors (Lipinski definition) is 3. The molecule has 74 valence electrons. The minimum absolute atomic E-state index is 0.0207. The van der Waals surface area contributed by atoms with E-state index in [0.29, 0.717) is 6.54 Å². The Balaban J connectivity index is 2.04. The van der Waals surface area contributed by atoms with Crippen molar-refractivity contribution in [1.29, 1.82) is 0 Å². The second-order valence-electron chi connectivity index (χ2n) is 3.20. The Kier molecular flexibility index (Phi) is 4.29. The van der Waals surface area contributed by atoms with Gasteiger partial charge in [-0.1, -0.05) is 0 Å². The van der Waals surface area contributed by atoms with Crippen LogP contribution in [0.1, 0.15) is 26.2 Å². The van der Waals surface area contributed by atoms with Gasteiger partial charge in [0.05, 0.1) is 5.84 Å². The fraction of sp³-hybridized carbons (Fsp3) is 0.778. The maximum atomic E-state index is 10.5. The largest absolute Gasteiger partial charge is 0.372 e. The molecule has 0 fully saturated rings. The highest BCUT2D eigenvalue weighted by Crippen LogP contribution is 2.03. The zero-order valence-electron chi connectivity index (χ0n) is 8.10. The van der Waals surface area contributed by atoms with E-state index >= 15 is 0 Å². The average molecular weight is 183 g/mol. The minimum Gasteiger partial charge on any atom is -0.372 e. The molecule has 1 aliphatic heterocycles. The maximum Gasteiger partial charge on any atom is 0.216 e. The molecule has 1 heterocycles. The summed E-state index contributed by atoms with van der Waals surface area (Å²) in [5.74, 6) is 1.11. The molecule has 0 bridgehead atoms. The lowest BCUT2D eigenvalue weighted by molar-refractivity contribution is -0.118. The van der Waals surface area contributed by atoms with Crippen LogP contribution in [-0.4, -0.2) is 31.4 Å². The summed E-state index contributed by atoms with van der Waals surface area (Å²) in [6.07, 6.45) is 3.49. The molecule has 0 saturated carbocycles. The molecule has 13 heavy (non-hydrogen) atoms. The van der Waals surface area contributed by atoms with Crippen molar-refractivity contribution in [3.63, 3.8) is 0 Å². The normalized spacial score (nSPS) is 16.2. The number of aliphatic imine (C=N–C) groups is 1. The molecule has 4 heteroatoms. The second kappa shape index (κ2) is 5.56. The number of carbonyl (C=O) groups excluding carboxylic acids is 1. The van der Waals surface area contributed by atoms with E-state index in [2.05, 4.69) is 15.6 Å². The Morgan fingerprint density at radius 1 is 1.46 bits per heavy atom. The Hall–Kier alpha value is -1.06. The van der Waals surface area contributed by atoms with Gasteiger partial charge in [0.2, 0.25) is 5.91 Å². The highest BCUT2D eigenvalue weighted by Gasteiger charge is 2.03. The number of nitrogens with one attached hydrogen (secondary N) is 2. The van der Waals surface area contributed by atoms with Gasteiger partial charge in [0.1, 0.15) is 0 Å². The van der Waals surface area contributed by atoms with Crippen molar-refractivity contribution >= 4 is 11.7 Å². The van der Waals surface area contributed by atoms with E-state index in [1.165, 1.54) is 19.8 Å². The van der Waals surface area contributed by atoms with Gasteiger partial charge >= 0.3 is 0 Å². The lowest BCUT2D eigenvalue weighted by Crippen LogP contribution is -2.34. The van der Waals surface area contributed by atoms with Gasteiger partial charge in [0.15, 0.2) is 0 Å². The standard InChI is InChI=1S/C9H17N3O/c1-8(13)10-6-7-12-9-4-2-3-5-11-9/h2-7H2,1H3,(H,10,13)(H,11,12). The molecule has 0 saturated heterocycles. The molecule has 0 radical (unpaired) electrons. The number of hydrogen-bond donors (Lipinski definition) is 2. The quantitative estimate of drug-likeness (QED) is 0.618. The molecule has 0 aromatic heterocycles.